The molecule has 22 nitrogen and oxygen atoms in total. The topological polar surface area (TPSA) is 262 Å². The zero-order valence-electron chi connectivity index (χ0n) is 32.4. The number of primary amides is 1. The summed E-state index contributed by atoms with van der Waals surface area (Å²) in [7, 11) is 5.72. The standard InChI is InChI=1S/C37H40N4O18/c1-49-36(47)54-25-14-6-11-22(29(25)56-37(48)50-2)33(44)40(21-28(38)42)19-9-17-39(32(43)24-13-8-16-27(58-52-4)31(24)59-53-5)18-10-20-41-34(45)23-12-7-15-26(57-51-3)30(23)55-35(41)46/h6-8,11-16H,9-10,17-21H2,1-5H3,(H2,38,42). The molecule has 1 heterocycles. The number of carbonyl (C=O) groups is 5. The Morgan fingerprint density at radius 3 is 1.83 bits per heavy atom. The Morgan fingerprint density at radius 2 is 1.19 bits per heavy atom. The predicted octanol–water partition coefficient (Wildman–Crippen LogP) is 2.62. The molecule has 3 aromatic carbocycles. The van der Waals surface area contributed by atoms with Gasteiger partial charge in [-0.05, 0) is 49.2 Å². The normalized spacial score (nSPS) is 10.7. The monoisotopic (exact) mass is 828 g/mol. The number of carbonyl (C=O) groups excluding carboxylic acids is 5. The fourth-order valence-corrected chi connectivity index (χ4v) is 5.61. The minimum atomic E-state index is -1.26. The third-order valence-corrected chi connectivity index (χ3v) is 8.09. The Morgan fingerprint density at radius 1 is 0.644 bits per heavy atom. The van der Waals surface area contributed by atoms with E-state index in [-0.39, 0.29) is 84.1 Å². The van der Waals surface area contributed by atoms with Crippen molar-refractivity contribution in [1.82, 2.24) is 14.4 Å². The number of hydrogen-bond acceptors (Lipinski definition) is 18. The highest BCUT2D eigenvalue weighted by molar-refractivity contribution is 6.00. The summed E-state index contributed by atoms with van der Waals surface area (Å²) in [6.45, 7) is -1.26. The highest BCUT2D eigenvalue weighted by Gasteiger charge is 2.28. The Labute approximate surface area is 334 Å². The van der Waals surface area contributed by atoms with Gasteiger partial charge in [-0.15, -0.1) is 0 Å². The van der Waals surface area contributed by atoms with Crippen molar-refractivity contribution in [1.29, 1.82) is 0 Å². The lowest BCUT2D eigenvalue weighted by atomic mass is 10.1. The molecule has 0 saturated carbocycles. The highest BCUT2D eigenvalue weighted by Crippen LogP contribution is 2.34. The van der Waals surface area contributed by atoms with Crippen molar-refractivity contribution in [3.63, 3.8) is 0 Å². The summed E-state index contributed by atoms with van der Waals surface area (Å²) in [5, 5.41) is 0.0325. The number of aromatic nitrogens is 1. The van der Waals surface area contributed by atoms with Crippen molar-refractivity contribution in [2.75, 3.05) is 61.7 Å². The van der Waals surface area contributed by atoms with E-state index >= 15 is 0 Å². The maximum atomic E-state index is 14.2. The number of benzene rings is 3. The van der Waals surface area contributed by atoms with Gasteiger partial charge in [0.2, 0.25) is 23.2 Å². The highest BCUT2D eigenvalue weighted by atomic mass is 17.2. The summed E-state index contributed by atoms with van der Waals surface area (Å²) in [4.78, 5) is 123. The van der Waals surface area contributed by atoms with Crippen molar-refractivity contribution in [2.45, 2.75) is 19.4 Å². The van der Waals surface area contributed by atoms with Crippen LogP contribution in [0, 0.1) is 0 Å². The van der Waals surface area contributed by atoms with Crippen molar-refractivity contribution in [2.24, 2.45) is 5.73 Å². The van der Waals surface area contributed by atoms with Gasteiger partial charge in [-0.2, -0.15) is 14.7 Å². The number of rotatable bonds is 20. The van der Waals surface area contributed by atoms with Crippen LogP contribution in [0.15, 0.2) is 68.6 Å². The molecule has 0 spiro atoms. The van der Waals surface area contributed by atoms with Crippen LogP contribution < -0.4 is 41.2 Å². The Bertz CT molecular complexity index is 2270. The van der Waals surface area contributed by atoms with Crippen molar-refractivity contribution in [3.8, 4) is 28.7 Å². The van der Waals surface area contributed by atoms with E-state index in [0.29, 0.717) is 0 Å². The van der Waals surface area contributed by atoms with Crippen molar-refractivity contribution < 1.29 is 76.7 Å². The SMILES string of the molecule is COOc1cccc(C(=O)N(CCCN(CC(N)=O)C(=O)c2cccc(OC(=O)OC)c2OC(=O)OC)CCCn2c(=O)oc3c(OOC)cccc3c2=O)c1OOC. The largest absolute Gasteiger partial charge is 0.513 e. The van der Waals surface area contributed by atoms with Crippen LogP contribution in [0.4, 0.5) is 9.59 Å². The van der Waals surface area contributed by atoms with Crippen LogP contribution in [0.2, 0.25) is 0 Å². The minimum Gasteiger partial charge on any atom is -0.437 e. The number of amides is 3. The molecule has 1 aromatic heterocycles. The summed E-state index contributed by atoms with van der Waals surface area (Å²) >= 11 is 0. The van der Waals surface area contributed by atoms with Gasteiger partial charge in [0.15, 0.2) is 17.1 Å². The molecule has 0 saturated heterocycles. The number of para-hydroxylation sites is 3. The van der Waals surface area contributed by atoms with E-state index in [2.05, 4.69) is 14.4 Å². The fourth-order valence-electron chi connectivity index (χ4n) is 5.61. The molecule has 3 amide bonds. The van der Waals surface area contributed by atoms with Crippen LogP contribution in [0.3, 0.4) is 0 Å². The Balaban J connectivity index is 1.66. The predicted molar refractivity (Wildman–Crippen MR) is 199 cm³/mol. The summed E-state index contributed by atoms with van der Waals surface area (Å²) in [6, 6.07) is 12.5. The average Bonchev–Trinajstić information content (AvgIpc) is 3.21. The first-order valence-corrected chi connectivity index (χ1v) is 17.3. The van der Waals surface area contributed by atoms with Crippen LogP contribution in [-0.4, -0.2) is 106 Å². The molecular formula is C37H40N4O18. The van der Waals surface area contributed by atoms with Crippen LogP contribution >= 0.6 is 0 Å². The molecule has 0 radical (unpaired) electrons. The van der Waals surface area contributed by atoms with Gasteiger partial charge in [-0.1, -0.05) is 18.2 Å². The first-order chi connectivity index (χ1) is 28.4. The molecule has 2 N–H and O–H groups in total. The Hall–Kier alpha value is -7.17. The summed E-state index contributed by atoms with van der Waals surface area (Å²) in [5.74, 6) is -4.52. The number of nitrogens with two attached hydrogens (primary N) is 1. The lowest BCUT2D eigenvalue weighted by Crippen LogP contribution is -2.41. The van der Waals surface area contributed by atoms with E-state index in [1.165, 1.54) is 80.8 Å². The van der Waals surface area contributed by atoms with Crippen LogP contribution in [-0.2, 0) is 35.5 Å². The van der Waals surface area contributed by atoms with Crippen molar-refractivity contribution >= 4 is 41.0 Å². The zero-order chi connectivity index (χ0) is 43.1. The van der Waals surface area contributed by atoms with Crippen LogP contribution in [0.5, 0.6) is 28.7 Å². The quantitative estimate of drug-likeness (QED) is 0.0581. The van der Waals surface area contributed by atoms with Crippen molar-refractivity contribution in [3.05, 3.63) is 86.6 Å². The molecule has 0 aliphatic rings. The van der Waals surface area contributed by atoms with Gasteiger partial charge in [0, 0.05) is 26.2 Å². The molecular weight excluding hydrogens is 788 g/mol. The summed E-state index contributed by atoms with van der Waals surface area (Å²) in [6.07, 6.45) is -2.44. The first kappa shape index (κ1) is 44.5. The molecule has 316 valence electrons. The van der Waals surface area contributed by atoms with Gasteiger partial charge in [0.05, 0.1) is 58.6 Å². The number of nitrogens with zero attached hydrogens (tertiary/aromatic N) is 3. The van der Waals surface area contributed by atoms with Gasteiger partial charge in [0.25, 0.3) is 17.4 Å². The average molecular weight is 829 g/mol. The first-order valence-electron chi connectivity index (χ1n) is 17.3. The smallest absolute Gasteiger partial charge is 0.437 e. The molecule has 59 heavy (non-hydrogen) atoms. The molecule has 0 atom stereocenters. The van der Waals surface area contributed by atoms with E-state index < -0.39 is 53.6 Å². The molecule has 0 aliphatic heterocycles. The van der Waals surface area contributed by atoms with Crippen LogP contribution in [0.25, 0.3) is 11.0 Å². The third kappa shape index (κ3) is 11.2. The maximum Gasteiger partial charge on any atom is 0.513 e. The minimum absolute atomic E-state index is 0.00856. The van der Waals surface area contributed by atoms with Gasteiger partial charge in [-0.3, -0.25) is 19.2 Å². The third-order valence-electron chi connectivity index (χ3n) is 8.09. The fraction of sp³-hybridized carbons (Fsp3) is 0.324. The van der Waals surface area contributed by atoms with Gasteiger partial charge < -0.3 is 53.6 Å². The number of hydrogen-bond donors (Lipinski definition) is 1. The summed E-state index contributed by atoms with van der Waals surface area (Å²) in [5.41, 5.74) is 4.31. The lowest BCUT2D eigenvalue weighted by molar-refractivity contribution is -0.201. The molecule has 4 rings (SSSR count). The van der Waals surface area contributed by atoms with Gasteiger partial charge in [-0.25, -0.2) is 19.0 Å². The second kappa shape index (κ2) is 21.4. The van der Waals surface area contributed by atoms with E-state index in [0.717, 1.165) is 23.7 Å². The second-order valence-corrected chi connectivity index (χ2v) is 11.8. The van der Waals surface area contributed by atoms with Crippen LogP contribution in [0.1, 0.15) is 33.6 Å². The molecule has 0 bridgehead atoms. The number of methoxy groups -OCH3 is 2. The molecule has 4 aromatic rings. The second-order valence-electron chi connectivity index (χ2n) is 11.8. The molecule has 0 unspecified atom stereocenters. The molecule has 0 aliphatic carbocycles. The molecule has 0 fully saturated rings. The number of fused-ring (bicyclic) bond motifs is 1. The number of ether oxygens (including phenoxy) is 4. The molecule has 22 heteroatoms. The zero-order valence-corrected chi connectivity index (χ0v) is 32.4. The lowest BCUT2D eigenvalue weighted by Gasteiger charge is -2.27. The van der Waals surface area contributed by atoms with E-state index in [1.54, 1.807) is 0 Å². The van der Waals surface area contributed by atoms with E-state index in [4.69, 9.17) is 44.1 Å². The van der Waals surface area contributed by atoms with E-state index in [9.17, 15) is 33.6 Å². The summed E-state index contributed by atoms with van der Waals surface area (Å²) < 4.78 is 25.5. The van der Waals surface area contributed by atoms with Gasteiger partial charge in [0.1, 0.15) is 0 Å². The van der Waals surface area contributed by atoms with E-state index in [1.807, 2.05) is 0 Å². The maximum absolute atomic E-state index is 14.2. The van der Waals surface area contributed by atoms with Gasteiger partial charge >= 0.3 is 18.1 Å². The Kier molecular flexibility index (Phi) is 16.1.